The van der Waals surface area contributed by atoms with Gasteiger partial charge in [0.15, 0.2) is 23.0 Å². The number of phenols is 1. The summed E-state index contributed by atoms with van der Waals surface area (Å²) in [6.07, 6.45) is 1.75. The molecule has 0 saturated carbocycles. The number of rotatable bonds is 5. The number of thiocarbonyl (C=S) groups is 1. The van der Waals surface area contributed by atoms with Gasteiger partial charge in [-0.05, 0) is 48.4 Å². The molecule has 8 heteroatoms. The van der Waals surface area contributed by atoms with Gasteiger partial charge < -0.3 is 19.3 Å². The number of benzene rings is 2. The minimum atomic E-state index is -0.154. The maximum Gasteiger partial charge on any atom is 0.266 e. The predicted molar refractivity (Wildman–Crippen MR) is 111 cm³/mol. The molecule has 0 atom stereocenters. The van der Waals surface area contributed by atoms with Crippen molar-refractivity contribution in [3.8, 4) is 23.0 Å². The molecule has 28 heavy (non-hydrogen) atoms. The molecular formula is C20H17NO5S2. The molecule has 0 aliphatic carbocycles. The number of amides is 1. The zero-order valence-corrected chi connectivity index (χ0v) is 16.6. The SMILES string of the molecule is CCOc1cc(/C=C2\SC(=S)N(Cc3ccc4c(c3)OCO4)C2=O)ccc1O. The van der Waals surface area contributed by atoms with E-state index in [0.29, 0.717) is 39.6 Å². The topological polar surface area (TPSA) is 68.2 Å². The third kappa shape index (κ3) is 3.65. The highest BCUT2D eigenvalue weighted by Gasteiger charge is 2.32. The Hall–Kier alpha value is -2.71. The fourth-order valence-electron chi connectivity index (χ4n) is 2.90. The Balaban J connectivity index is 1.54. The van der Waals surface area contributed by atoms with Crippen LogP contribution in [-0.4, -0.2) is 33.6 Å². The highest BCUT2D eigenvalue weighted by Crippen LogP contribution is 2.37. The van der Waals surface area contributed by atoms with Crippen LogP contribution in [0.2, 0.25) is 0 Å². The molecule has 1 fully saturated rings. The van der Waals surface area contributed by atoms with E-state index in [1.54, 1.807) is 29.2 Å². The Morgan fingerprint density at radius 1 is 1.25 bits per heavy atom. The van der Waals surface area contributed by atoms with Gasteiger partial charge in [0, 0.05) is 0 Å². The molecule has 2 aromatic carbocycles. The van der Waals surface area contributed by atoms with E-state index in [4.69, 9.17) is 26.4 Å². The number of phenolic OH excluding ortho intramolecular Hbond substituents is 1. The fourth-order valence-corrected chi connectivity index (χ4v) is 4.16. The van der Waals surface area contributed by atoms with Gasteiger partial charge in [0.25, 0.3) is 5.91 Å². The lowest BCUT2D eigenvalue weighted by molar-refractivity contribution is -0.122. The molecule has 144 valence electrons. The van der Waals surface area contributed by atoms with Crippen molar-refractivity contribution in [3.05, 3.63) is 52.4 Å². The number of carbonyl (C=O) groups excluding carboxylic acids is 1. The number of aromatic hydroxyl groups is 1. The van der Waals surface area contributed by atoms with Crippen molar-refractivity contribution in [1.82, 2.24) is 4.90 Å². The molecule has 1 N–H and O–H groups in total. The lowest BCUT2D eigenvalue weighted by atomic mass is 10.1. The standard InChI is InChI=1S/C20H17NO5S2/c1-2-24-16-7-12(3-5-14(16)22)9-18-19(23)21(20(27)28-18)10-13-4-6-15-17(8-13)26-11-25-15/h3-9,22H,2,10-11H2,1H3/b18-9-. The minimum Gasteiger partial charge on any atom is -0.504 e. The summed E-state index contributed by atoms with van der Waals surface area (Å²) in [7, 11) is 0. The molecule has 0 aromatic heterocycles. The third-order valence-electron chi connectivity index (χ3n) is 4.23. The van der Waals surface area contributed by atoms with Crippen LogP contribution in [0.25, 0.3) is 6.08 Å². The Bertz CT molecular complexity index is 989. The number of thioether (sulfide) groups is 1. The van der Waals surface area contributed by atoms with Crippen molar-refractivity contribution in [2.75, 3.05) is 13.4 Å². The van der Waals surface area contributed by atoms with E-state index in [2.05, 4.69) is 0 Å². The monoisotopic (exact) mass is 415 g/mol. The van der Waals surface area contributed by atoms with E-state index in [-0.39, 0.29) is 18.4 Å². The van der Waals surface area contributed by atoms with Crippen LogP contribution in [0.1, 0.15) is 18.1 Å². The number of hydrogen-bond donors (Lipinski definition) is 1. The molecule has 1 amide bonds. The van der Waals surface area contributed by atoms with Gasteiger partial charge in [-0.1, -0.05) is 36.1 Å². The van der Waals surface area contributed by atoms with Crippen molar-refractivity contribution in [2.45, 2.75) is 13.5 Å². The smallest absolute Gasteiger partial charge is 0.266 e. The van der Waals surface area contributed by atoms with E-state index >= 15 is 0 Å². The van der Waals surface area contributed by atoms with Gasteiger partial charge in [-0.25, -0.2) is 0 Å². The first kappa shape index (κ1) is 18.6. The molecule has 0 spiro atoms. The van der Waals surface area contributed by atoms with Gasteiger partial charge in [-0.3, -0.25) is 9.69 Å². The second-order valence-electron chi connectivity index (χ2n) is 6.12. The van der Waals surface area contributed by atoms with Crippen LogP contribution in [-0.2, 0) is 11.3 Å². The van der Waals surface area contributed by atoms with Crippen LogP contribution in [0.5, 0.6) is 23.0 Å². The van der Waals surface area contributed by atoms with E-state index in [1.807, 2.05) is 25.1 Å². The molecule has 0 bridgehead atoms. The molecule has 2 aliphatic heterocycles. The quantitative estimate of drug-likeness (QED) is 0.586. The zero-order valence-electron chi connectivity index (χ0n) is 15.0. The summed E-state index contributed by atoms with van der Waals surface area (Å²) in [6.45, 7) is 2.85. The van der Waals surface area contributed by atoms with Crippen molar-refractivity contribution in [2.24, 2.45) is 0 Å². The van der Waals surface area contributed by atoms with Gasteiger partial charge in [0.05, 0.1) is 18.1 Å². The van der Waals surface area contributed by atoms with E-state index in [0.717, 1.165) is 11.1 Å². The predicted octanol–water partition coefficient (Wildman–Crippen LogP) is 3.92. The third-order valence-corrected chi connectivity index (χ3v) is 5.61. The van der Waals surface area contributed by atoms with Gasteiger partial charge >= 0.3 is 0 Å². The molecule has 0 unspecified atom stereocenters. The summed E-state index contributed by atoms with van der Waals surface area (Å²) in [4.78, 5) is 14.9. The van der Waals surface area contributed by atoms with Crippen LogP contribution in [0.15, 0.2) is 41.3 Å². The lowest BCUT2D eigenvalue weighted by Gasteiger charge is -2.14. The van der Waals surface area contributed by atoms with Crippen molar-refractivity contribution in [3.63, 3.8) is 0 Å². The molecule has 2 aliphatic rings. The Kier molecular flexibility index (Phi) is 5.15. The van der Waals surface area contributed by atoms with Crippen LogP contribution >= 0.6 is 24.0 Å². The molecule has 2 heterocycles. The van der Waals surface area contributed by atoms with Gasteiger partial charge in [0.1, 0.15) is 4.32 Å². The second kappa shape index (κ2) is 7.73. The highest BCUT2D eigenvalue weighted by molar-refractivity contribution is 8.26. The van der Waals surface area contributed by atoms with Crippen LogP contribution in [0, 0.1) is 0 Å². The number of ether oxygens (including phenoxy) is 3. The second-order valence-corrected chi connectivity index (χ2v) is 7.79. The summed E-state index contributed by atoms with van der Waals surface area (Å²) < 4.78 is 16.6. The normalized spacial score (nSPS) is 16.9. The first-order chi connectivity index (χ1) is 13.5. The summed E-state index contributed by atoms with van der Waals surface area (Å²) >= 11 is 6.66. The Labute approximate surface area is 171 Å². The summed E-state index contributed by atoms with van der Waals surface area (Å²) in [5.41, 5.74) is 1.66. The molecule has 2 aromatic rings. The molecular weight excluding hydrogens is 398 g/mol. The van der Waals surface area contributed by atoms with Gasteiger partial charge in [-0.15, -0.1) is 0 Å². The number of carbonyl (C=O) groups is 1. The average molecular weight is 415 g/mol. The first-order valence-electron chi connectivity index (χ1n) is 8.65. The molecule has 6 nitrogen and oxygen atoms in total. The Morgan fingerprint density at radius 3 is 2.89 bits per heavy atom. The number of hydrogen-bond acceptors (Lipinski definition) is 7. The number of fused-ring (bicyclic) bond motifs is 1. The fraction of sp³-hybridized carbons (Fsp3) is 0.200. The maximum absolute atomic E-state index is 12.8. The summed E-state index contributed by atoms with van der Waals surface area (Å²) in [6, 6.07) is 10.6. The van der Waals surface area contributed by atoms with E-state index < -0.39 is 0 Å². The number of nitrogens with zero attached hydrogens (tertiary/aromatic N) is 1. The zero-order chi connectivity index (χ0) is 19.7. The largest absolute Gasteiger partial charge is 0.504 e. The molecule has 1 saturated heterocycles. The van der Waals surface area contributed by atoms with Crippen molar-refractivity contribution < 1.29 is 24.1 Å². The Morgan fingerprint density at radius 2 is 2.07 bits per heavy atom. The van der Waals surface area contributed by atoms with Crippen LogP contribution in [0.4, 0.5) is 0 Å². The lowest BCUT2D eigenvalue weighted by Crippen LogP contribution is -2.27. The molecule has 0 radical (unpaired) electrons. The summed E-state index contributed by atoms with van der Waals surface area (Å²) in [5, 5.41) is 9.83. The van der Waals surface area contributed by atoms with Gasteiger partial charge in [0.2, 0.25) is 6.79 Å². The van der Waals surface area contributed by atoms with Crippen molar-refractivity contribution in [1.29, 1.82) is 0 Å². The van der Waals surface area contributed by atoms with Crippen LogP contribution < -0.4 is 14.2 Å². The molecule has 4 rings (SSSR count). The minimum absolute atomic E-state index is 0.0642. The summed E-state index contributed by atoms with van der Waals surface area (Å²) in [5.74, 6) is 1.66. The van der Waals surface area contributed by atoms with Crippen molar-refractivity contribution >= 4 is 40.3 Å². The van der Waals surface area contributed by atoms with Crippen LogP contribution in [0.3, 0.4) is 0 Å². The van der Waals surface area contributed by atoms with E-state index in [9.17, 15) is 9.90 Å². The highest BCUT2D eigenvalue weighted by atomic mass is 32.2. The van der Waals surface area contributed by atoms with Gasteiger partial charge in [-0.2, -0.15) is 0 Å². The average Bonchev–Trinajstić information content (AvgIpc) is 3.24. The van der Waals surface area contributed by atoms with E-state index in [1.165, 1.54) is 11.8 Å². The first-order valence-corrected chi connectivity index (χ1v) is 9.87. The maximum atomic E-state index is 12.8.